The number of rotatable bonds is 7. The lowest BCUT2D eigenvalue weighted by Gasteiger charge is -2.07. The van der Waals surface area contributed by atoms with Crippen molar-refractivity contribution in [3.05, 3.63) is 23.3 Å². The summed E-state index contributed by atoms with van der Waals surface area (Å²) in [4.78, 5) is 19.7. The molecule has 1 rings (SSSR count). The van der Waals surface area contributed by atoms with E-state index in [4.69, 9.17) is 9.47 Å². The van der Waals surface area contributed by atoms with Gasteiger partial charge in [0.05, 0.1) is 13.2 Å². The Morgan fingerprint density at radius 2 is 2.21 bits per heavy atom. The molecule has 0 aliphatic rings. The lowest BCUT2D eigenvalue weighted by Crippen LogP contribution is -2.13. The number of carbonyl (C=O) groups is 1. The molecule has 1 heterocycles. The van der Waals surface area contributed by atoms with Crippen molar-refractivity contribution in [2.45, 2.75) is 26.7 Å². The van der Waals surface area contributed by atoms with Crippen LogP contribution >= 0.6 is 0 Å². The molecule has 0 bridgehead atoms. The van der Waals surface area contributed by atoms with E-state index >= 15 is 0 Å². The van der Waals surface area contributed by atoms with Gasteiger partial charge in [-0.2, -0.15) is 0 Å². The Balaban J connectivity index is 2.60. The molecule has 0 N–H and O–H groups in total. The Bertz CT molecular complexity index is 427. The standard InChI is InChI=1S/C12H16F2N2O3/c1-3-19-12(17)11-8(2)6-15-10(16-11)4-5-18-7-9(13)14/h6,9H,3-5,7H2,1-2H3. The molecule has 0 spiro atoms. The van der Waals surface area contributed by atoms with Gasteiger partial charge in [0, 0.05) is 18.2 Å². The average molecular weight is 274 g/mol. The van der Waals surface area contributed by atoms with Crippen molar-refractivity contribution in [2.75, 3.05) is 19.8 Å². The van der Waals surface area contributed by atoms with Gasteiger partial charge in [0.15, 0.2) is 5.69 Å². The van der Waals surface area contributed by atoms with E-state index in [1.807, 2.05) is 0 Å². The van der Waals surface area contributed by atoms with Crippen molar-refractivity contribution in [3.8, 4) is 0 Å². The number of esters is 1. The van der Waals surface area contributed by atoms with E-state index < -0.39 is 19.0 Å². The number of carbonyl (C=O) groups excluding carboxylic acids is 1. The molecule has 7 heteroatoms. The van der Waals surface area contributed by atoms with Gasteiger partial charge in [-0.3, -0.25) is 0 Å². The highest BCUT2D eigenvalue weighted by molar-refractivity contribution is 5.88. The van der Waals surface area contributed by atoms with Gasteiger partial charge in [-0.25, -0.2) is 23.5 Å². The molecular weight excluding hydrogens is 258 g/mol. The number of nitrogens with zero attached hydrogens (tertiary/aromatic N) is 2. The molecule has 0 aliphatic heterocycles. The first-order chi connectivity index (χ1) is 9.04. The van der Waals surface area contributed by atoms with Crippen LogP contribution in [0.5, 0.6) is 0 Å². The zero-order valence-corrected chi connectivity index (χ0v) is 10.9. The minimum atomic E-state index is -2.49. The number of hydrogen-bond donors (Lipinski definition) is 0. The quantitative estimate of drug-likeness (QED) is 0.560. The maximum atomic E-state index is 11.9. The van der Waals surface area contributed by atoms with Crippen LogP contribution in [0.25, 0.3) is 0 Å². The fourth-order valence-electron chi connectivity index (χ4n) is 1.34. The van der Waals surface area contributed by atoms with E-state index in [2.05, 4.69) is 9.97 Å². The van der Waals surface area contributed by atoms with Crippen molar-refractivity contribution in [1.29, 1.82) is 0 Å². The Labute approximate surface area is 110 Å². The molecule has 1 aromatic rings. The average Bonchev–Trinajstić information content (AvgIpc) is 2.36. The number of halogens is 2. The minimum Gasteiger partial charge on any atom is -0.461 e. The highest BCUT2D eigenvalue weighted by Crippen LogP contribution is 2.06. The predicted molar refractivity (Wildman–Crippen MR) is 63.3 cm³/mol. The predicted octanol–water partition coefficient (Wildman–Crippen LogP) is 1.79. The summed E-state index contributed by atoms with van der Waals surface area (Å²) >= 11 is 0. The van der Waals surface area contributed by atoms with Crippen molar-refractivity contribution in [1.82, 2.24) is 9.97 Å². The summed E-state index contributed by atoms with van der Waals surface area (Å²) in [5, 5.41) is 0. The smallest absolute Gasteiger partial charge is 0.357 e. The number of hydrogen-bond acceptors (Lipinski definition) is 5. The summed E-state index contributed by atoms with van der Waals surface area (Å²) in [7, 11) is 0. The van der Waals surface area contributed by atoms with E-state index in [0.717, 1.165) is 0 Å². The van der Waals surface area contributed by atoms with E-state index in [-0.39, 0.29) is 25.3 Å². The van der Waals surface area contributed by atoms with Crippen LogP contribution in [0.15, 0.2) is 6.20 Å². The van der Waals surface area contributed by atoms with E-state index in [1.165, 1.54) is 6.20 Å². The number of ether oxygens (including phenoxy) is 2. The zero-order valence-electron chi connectivity index (χ0n) is 10.9. The molecule has 0 aromatic carbocycles. The topological polar surface area (TPSA) is 61.3 Å². The molecule has 5 nitrogen and oxygen atoms in total. The second-order valence-electron chi connectivity index (χ2n) is 3.75. The van der Waals surface area contributed by atoms with Gasteiger partial charge >= 0.3 is 5.97 Å². The van der Waals surface area contributed by atoms with Crippen LogP contribution in [0.3, 0.4) is 0 Å². The summed E-state index contributed by atoms with van der Waals surface area (Å²) in [6.07, 6.45) is -0.727. The van der Waals surface area contributed by atoms with Gasteiger partial charge in [0.2, 0.25) is 0 Å². The molecule has 1 aromatic heterocycles. The fourth-order valence-corrected chi connectivity index (χ4v) is 1.34. The molecule has 0 atom stereocenters. The van der Waals surface area contributed by atoms with Gasteiger partial charge < -0.3 is 9.47 Å². The van der Waals surface area contributed by atoms with Crippen molar-refractivity contribution >= 4 is 5.97 Å². The van der Waals surface area contributed by atoms with Crippen LogP contribution in [-0.2, 0) is 15.9 Å². The summed E-state index contributed by atoms with van der Waals surface area (Å²) in [6.45, 7) is 3.12. The molecule has 0 radical (unpaired) electrons. The van der Waals surface area contributed by atoms with Crippen LogP contribution in [-0.4, -0.2) is 42.2 Å². The summed E-state index contributed by atoms with van der Waals surface area (Å²) < 4.78 is 33.3. The highest BCUT2D eigenvalue weighted by Gasteiger charge is 2.13. The van der Waals surface area contributed by atoms with E-state index in [0.29, 0.717) is 11.4 Å². The van der Waals surface area contributed by atoms with Crippen LogP contribution < -0.4 is 0 Å². The molecule has 0 saturated carbocycles. The monoisotopic (exact) mass is 274 g/mol. The lowest BCUT2D eigenvalue weighted by atomic mass is 10.2. The Hall–Kier alpha value is -1.63. The molecular formula is C12H16F2N2O3. The first kappa shape index (κ1) is 15.4. The third-order valence-electron chi connectivity index (χ3n) is 2.20. The van der Waals surface area contributed by atoms with Crippen molar-refractivity contribution < 1.29 is 23.0 Å². The zero-order chi connectivity index (χ0) is 14.3. The van der Waals surface area contributed by atoms with Crippen molar-refractivity contribution in [3.63, 3.8) is 0 Å². The fraction of sp³-hybridized carbons (Fsp3) is 0.583. The van der Waals surface area contributed by atoms with E-state index in [9.17, 15) is 13.6 Å². The van der Waals surface area contributed by atoms with Crippen LogP contribution in [0.2, 0.25) is 0 Å². The number of aromatic nitrogens is 2. The molecule has 0 aliphatic carbocycles. The van der Waals surface area contributed by atoms with Crippen LogP contribution in [0, 0.1) is 6.92 Å². The first-order valence-electron chi connectivity index (χ1n) is 5.90. The Kier molecular flexibility index (Phi) is 6.27. The normalized spacial score (nSPS) is 10.8. The molecule has 0 fully saturated rings. The second kappa shape index (κ2) is 7.73. The maximum Gasteiger partial charge on any atom is 0.357 e. The first-order valence-corrected chi connectivity index (χ1v) is 5.90. The summed E-state index contributed by atoms with van der Waals surface area (Å²) in [5.74, 6) is -0.153. The van der Waals surface area contributed by atoms with E-state index in [1.54, 1.807) is 13.8 Å². The third-order valence-corrected chi connectivity index (χ3v) is 2.20. The summed E-state index contributed by atoms with van der Waals surface area (Å²) in [6, 6.07) is 0. The maximum absolute atomic E-state index is 11.9. The van der Waals surface area contributed by atoms with Gasteiger partial charge in [-0.1, -0.05) is 0 Å². The summed E-state index contributed by atoms with van der Waals surface area (Å²) in [5.41, 5.74) is 0.802. The molecule has 106 valence electrons. The van der Waals surface area contributed by atoms with Gasteiger partial charge in [0.1, 0.15) is 12.4 Å². The Morgan fingerprint density at radius 1 is 1.47 bits per heavy atom. The van der Waals surface area contributed by atoms with Crippen molar-refractivity contribution in [2.24, 2.45) is 0 Å². The molecule has 0 unspecified atom stereocenters. The van der Waals surface area contributed by atoms with Gasteiger partial charge in [-0.05, 0) is 13.8 Å². The lowest BCUT2D eigenvalue weighted by molar-refractivity contribution is 0.0182. The van der Waals surface area contributed by atoms with Crippen LogP contribution in [0.4, 0.5) is 8.78 Å². The van der Waals surface area contributed by atoms with Crippen LogP contribution in [0.1, 0.15) is 28.8 Å². The number of aryl methyl sites for hydroxylation is 1. The highest BCUT2D eigenvalue weighted by atomic mass is 19.3. The molecule has 0 amide bonds. The van der Waals surface area contributed by atoms with Gasteiger partial charge in [-0.15, -0.1) is 0 Å². The minimum absolute atomic E-state index is 0.0790. The Morgan fingerprint density at radius 3 is 2.84 bits per heavy atom. The molecule has 0 saturated heterocycles. The number of alkyl halides is 2. The van der Waals surface area contributed by atoms with Gasteiger partial charge in [0.25, 0.3) is 6.43 Å². The largest absolute Gasteiger partial charge is 0.461 e. The SMILES string of the molecule is CCOC(=O)c1nc(CCOCC(F)F)ncc1C. The third kappa shape index (κ3) is 5.25. The second-order valence-corrected chi connectivity index (χ2v) is 3.75. The molecule has 19 heavy (non-hydrogen) atoms.